The fourth-order valence-corrected chi connectivity index (χ4v) is 4.24. The van der Waals surface area contributed by atoms with Crippen molar-refractivity contribution in [3.63, 3.8) is 0 Å². The molecule has 1 aromatic carbocycles. The van der Waals surface area contributed by atoms with Crippen LogP contribution < -0.4 is 14.4 Å². The number of ether oxygens (including phenoxy) is 2. The number of nitrogens with zero attached hydrogens (tertiary/aromatic N) is 4. The first kappa shape index (κ1) is 16.8. The summed E-state index contributed by atoms with van der Waals surface area (Å²) in [6, 6.07) is 12.0. The van der Waals surface area contributed by atoms with E-state index in [1.165, 1.54) is 0 Å². The highest BCUT2D eigenvalue weighted by atomic mass is 32.1. The third-order valence-corrected chi connectivity index (χ3v) is 5.58. The van der Waals surface area contributed by atoms with Crippen molar-refractivity contribution in [2.45, 2.75) is 18.9 Å². The van der Waals surface area contributed by atoms with E-state index in [1.54, 1.807) is 31.8 Å². The molecule has 134 valence electrons. The summed E-state index contributed by atoms with van der Waals surface area (Å²) in [4.78, 5) is 6.68. The second-order valence-electron chi connectivity index (χ2n) is 6.06. The van der Waals surface area contributed by atoms with Gasteiger partial charge < -0.3 is 14.4 Å². The van der Waals surface area contributed by atoms with E-state index in [0.717, 1.165) is 52.3 Å². The van der Waals surface area contributed by atoms with Crippen molar-refractivity contribution < 1.29 is 9.47 Å². The predicted octanol–water partition coefficient (Wildman–Crippen LogP) is 3.96. The number of anilines is 1. The van der Waals surface area contributed by atoms with Crippen LogP contribution in [0.25, 0.3) is 10.7 Å². The lowest BCUT2D eigenvalue weighted by Crippen LogP contribution is -2.22. The number of benzene rings is 1. The van der Waals surface area contributed by atoms with Crippen LogP contribution in [-0.2, 0) is 0 Å². The molecule has 4 rings (SSSR count). The van der Waals surface area contributed by atoms with Crippen LogP contribution in [0, 0.1) is 0 Å². The summed E-state index contributed by atoms with van der Waals surface area (Å²) in [7, 11) is 3.39. The molecular weight excluding hydrogens is 348 g/mol. The minimum absolute atomic E-state index is 0.199. The summed E-state index contributed by atoms with van der Waals surface area (Å²) < 4.78 is 11.0. The van der Waals surface area contributed by atoms with Crippen molar-refractivity contribution in [1.29, 1.82) is 0 Å². The van der Waals surface area contributed by atoms with Gasteiger partial charge in [-0.2, -0.15) is 0 Å². The Morgan fingerprint density at radius 2 is 2.04 bits per heavy atom. The molecule has 0 spiro atoms. The van der Waals surface area contributed by atoms with Gasteiger partial charge in [-0.1, -0.05) is 17.4 Å². The summed E-state index contributed by atoms with van der Waals surface area (Å²) in [5, 5.41) is 10.5. The quantitative estimate of drug-likeness (QED) is 0.679. The van der Waals surface area contributed by atoms with E-state index in [0.29, 0.717) is 0 Å². The van der Waals surface area contributed by atoms with Crippen molar-refractivity contribution in [2.75, 3.05) is 25.7 Å². The summed E-state index contributed by atoms with van der Waals surface area (Å²) in [5.74, 6) is 1.70. The van der Waals surface area contributed by atoms with Gasteiger partial charge in [0.05, 0.1) is 20.3 Å². The van der Waals surface area contributed by atoms with Gasteiger partial charge in [-0.15, -0.1) is 10.2 Å². The molecule has 0 unspecified atom stereocenters. The zero-order valence-corrected chi connectivity index (χ0v) is 15.6. The molecule has 1 fully saturated rings. The van der Waals surface area contributed by atoms with E-state index in [2.05, 4.69) is 26.1 Å². The lowest BCUT2D eigenvalue weighted by atomic mass is 10.0. The van der Waals surface area contributed by atoms with E-state index in [4.69, 9.17) is 9.47 Å². The van der Waals surface area contributed by atoms with E-state index in [1.807, 2.05) is 30.3 Å². The van der Waals surface area contributed by atoms with Gasteiger partial charge >= 0.3 is 0 Å². The Balaban J connectivity index is 1.67. The topological polar surface area (TPSA) is 60.4 Å². The van der Waals surface area contributed by atoms with Crippen LogP contribution in [0.4, 0.5) is 5.13 Å². The van der Waals surface area contributed by atoms with Crippen LogP contribution in [0.15, 0.2) is 42.6 Å². The standard InChI is InChI=1S/C19H20N4O2S/c1-24-13-8-9-17(25-2)14(12-13)16-7-5-11-23(16)19-22-21-18(26-19)15-6-3-4-10-20-15/h3-4,6,8-10,12,16H,5,7,11H2,1-2H3/t16-/m0/s1. The average Bonchev–Trinajstić information content (AvgIpc) is 3.37. The monoisotopic (exact) mass is 368 g/mol. The van der Waals surface area contributed by atoms with Crippen LogP contribution >= 0.6 is 11.3 Å². The number of methoxy groups -OCH3 is 2. The van der Waals surface area contributed by atoms with Crippen LogP contribution in [0.5, 0.6) is 11.5 Å². The van der Waals surface area contributed by atoms with Gasteiger partial charge in [-0.05, 0) is 43.2 Å². The second-order valence-corrected chi connectivity index (χ2v) is 7.02. The lowest BCUT2D eigenvalue weighted by Gasteiger charge is -2.25. The number of aromatic nitrogens is 3. The Morgan fingerprint density at radius 3 is 2.81 bits per heavy atom. The normalized spacial score (nSPS) is 16.7. The van der Waals surface area contributed by atoms with Crippen LogP contribution in [0.1, 0.15) is 24.4 Å². The molecule has 7 heteroatoms. The Hall–Kier alpha value is -2.67. The first-order valence-electron chi connectivity index (χ1n) is 8.53. The third kappa shape index (κ3) is 3.10. The number of hydrogen-bond acceptors (Lipinski definition) is 7. The summed E-state index contributed by atoms with van der Waals surface area (Å²) >= 11 is 1.57. The van der Waals surface area contributed by atoms with Gasteiger partial charge in [0.2, 0.25) is 5.13 Å². The second kappa shape index (κ2) is 7.29. The van der Waals surface area contributed by atoms with Crippen molar-refractivity contribution in [1.82, 2.24) is 15.2 Å². The molecule has 0 saturated carbocycles. The Bertz CT molecular complexity index is 884. The Labute approximate surface area is 156 Å². The Kier molecular flexibility index (Phi) is 4.71. The highest BCUT2D eigenvalue weighted by Crippen LogP contribution is 2.42. The largest absolute Gasteiger partial charge is 0.497 e. The predicted molar refractivity (Wildman–Crippen MR) is 102 cm³/mol. The minimum Gasteiger partial charge on any atom is -0.497 e. The molecule has 0 bridgehead atoms. The molecule has 0 N–H and O–H groups in total. The fourth-order valence-electron chi connectivity index (χ4n) is 3.34. The molecule has 1 aliphatic rings. The van der Waals surface area contributed by atoms with E-state index in [9.17, 15) is 0 Å². The van der Waals surface area contributed by atoms with Crippen molar-refractivity contribution in [3.05, 3.63) is 48.2 Å². The zero-order chi connectivity index (χ0) is 17.9. The van der Waals surface area contributed by atoms with E-state index in [-0.39, 0.29) is 6.04 Å². The maximum Gasteiger partial charge on any atom is 0.209 e. The van der Waals surface area contributed by atoms with Gasteiger partial charge in [-0.25, -0.2) is 0 Å². The molecule has 1 aliphatic heterocycles. The van der Waals surface area contributed by atoms with Crippen LogP contribution in [0.3, 0.4) is 0 Å². The smallest absolute Gasteiger partial charge is 0.209 e. The molecule has 0 amide bonds. The molecule has 3 aromatic rings. The maximum absolute atomic E-state index is 5.59. The highest BCUT2D eigenvalue weighted by Gasteiger charge is 2.31. The van der Waals surface area contributed by atoms with Crippen LogP contribution in [-0.4, -0.2) is 35.9 Å². The zero-order valence-electron chi connectivity index (χ0n) is 14.8. The molecule has 2 aromatic heterocycles. The molecular formula is C19H20N4O2S. The van der Waals surface area contributed by atoms with Crippen molar-refractivity contribution in [2.24, 2.45) is 0 Å². The Morgan fingerprint density at radius 1 is 1.12 bits per heavy atom. The molecule has 6 nitrogen and oxygen atoms in total. The van der Waals surface area contributed by atoms with Gasteiger partial charge in [-0.3, -0.25) is 4.98 Å². The fraction of sp³-hybridized carbons (Fsp3) is 0.316. The minimum atomic E-state index is 0.199. The number of hydrogen-bond donors (Lipinski definition) is 0. The molecule has 0 radical (unpaired) electrons. The number of pyridine rings is 1. The molecule has 3 heterocycles. The summed E-state index contributed by atoms with van der Waals surface area (Å²) in [6.45, 7) is 0.946. The third-order valence-electron chi connectivity index (χ3n) is 4.59. The molecule has 1 saturated heterocycles. The van der Waals surface area contributed by atoms with Gasteiger partial charge in [0.1, 0.15) is 17.2 Å². The SMILES string of the molecule is COc1ccc(OC)c([C@@H]2CCCN2c2nnc(-c3ccccn3)s2)c1. The first-order chi connectivity index (χ1) is 12.8. The van der Waals surface area contributed by atoms with Gasteiger partial charge in [0.15, 0.2) is 5.01 Å². The lowest BCUT2D eigenvalue weighted by molar-refractivity contribution is 0.395. The summed E-state index contributed by atoms with van der Waals surface area (Å²) in [6.07, 6.45) is 3.92. The van der Waals surface area contributed by atoms with E-state index >= 15 is 0 Å². The average molecular weight is 368 g/mol. The van der Waals surface area contributed by atoms with Gasteiger partial charge in [0.25, 0.3) is 0 Å². The molecule has 0 aliphatic carbocycles. The molecule has 26 heavy (non-hydrogen) atoms. The maximum atomic E-state index is 5.59. The van der Waals surface area contributed by atoms with Gasteiger partial charge in [0, 0.05) is 18.3 Å². The highest BCUT2D eigenvalue weighted by molar-refractivity contribution is 7.18. The first-order valence-corrected chi connectivity index (χ1v) is 9.35. The number of rotatable bonds is 5. The van der Waals surface area contributed by atoms with Crippen LogP contribution in [0.2, 0.25) is 0 Å². The van der Waals surface area contributed by atoms with Crippen molar-refractivity contribution in [3.8, 4) is 22.2 Å². The molecule has 1 atom stereocenters. The summed E-state index contributed by atoms with van der Waals surface area (Å²) in [5.41, 5.74) is 1.98. The van der Waals surface area contributed by atoms with Crippen molar-refractivity contribution >= 4 is 16.5 Å². The van der Waals surface area contributed by atoms with E-state index < -0.39 is 0 Å².